The Labute approximate surface area is 122 Å². The molecular weight excluding hydrogens is 254 g/mol. The first-order valence-electron chi connectivity index (χ1n) is 7.65. The maximum absolute atomic E-state index is 12.1. The highest BCUT2D eigenvalue weighted by atomic mass is 16.2. The van der Waals surface area contributed by atoms with Crippen molar-refractivity contribution < 1.29 is 9.59 Å². The van der Waals surface area contributed by atoms with Gasteiger partial charge in [-0.25, -0.2) is 0 Å². The van der Waals surface area contributed by atoms with Gasteiger partial charge in [-0.2, -0.15) is 0 Å². The fraction of sp³-hybridized carbons (Fsp3) is 0.867. The smallest absolute Gasteiger partial charge is 0.239 e. The molecule has 0 unspecified atom stereocenters. The fourth-order valence-corrected chi connectivity index (χ4v) is 2.75. The van der Waals surface area contributed by atoms with E-state index < -0.39 is 0 Å². The fourth-order valence-electron chi connectivity index (χ4n) is 2.75. The number of carbonyl (C=O) groups is 2. The molecule has 0 radical (unpaired) electrons. The summed E-state index contributed by atoms with van der Waals surface area (Å²) in [5, 5.41) is 2.80. The van der Waals surface area contributed by atoms with Crippen LogP contribution in [0, 0.1) is 11.8 Å². The van der Waals surface area contributed by atoms with Crippen LogP contribution < -0.4 is 11.1 Å². The third kappa shape index (κ3) is 5.90. The summed E-state index contributed by atoms with van der Waals surface area (Å²) in [6.07, 6.45) is 4.99. The average Bonchev–Trinajstić information content (AvgIpc) is 2.38. The Morgan fingerprint density at radius 2 is 1.75 bits per heavy atom. The highest BCUT2D eigenvalue weighted by Gasteiger charge is 2.24. The molecule has 116 valence electrons. The summed E-state index contributed by atoms with van der Waals surface area (Å²) in [7, 11) is 1.70. The first kappa shape index (κ1) is 17.0. The van der Waals surface area contributed by atoms with Gasteiger partial charge in [0.05, 0.1) is 6.54 Å². The summed E-state index contributed by atoms with van der Waals surface area (Å²) in [4.78, 5) is 25.3. The van der Waals surface area contributed by atoms with E-state index in [1.807, 2.05) is 13.8 Å². The number of amides is 2. The van der Waals surface area contributed by atoms with Gasteiger partial charge in [0.1, 0.15) is 0 Å². The minimum Gasteiger partial charge on any atom is -0.352 e. The number of likely N-dealkylation sites (N-methyl/N-ethyl adjacent to an activating group) is 1. The highest BCUT2D eigenvalue weighted by molar-refractivity contribution is 5.84. The zero-order valence-corrected chi connectivity index (χ0v) is 13.0. The van der Waals surface area contributed by atoms with Crippen molar-refractivity contribution in [1.29, 1.82) is 0 Å². The standard InChI is InChI=1S/C15H29N3O2/c1-11(2)17-14(19)10-18(3)15(20)8-12-4-6-13(9-16)7-5-12/h11-13H,4-10,16H2,1-3H3,(H,17,19). The Bertz CT molecular complexity index is 323. The van der Waals surface area contributed by atoms with E-state index in [4.69, 9.17) is 5.73 Å². The molecule has 0 heterocycles. The molecule has 0 saturated heterocycles. The van der Waals surface area contributed by atoms with Crippen molar-refractivity contribution in [3.8, 4) is 0 Å². The minimum atomic E-state index is -0.0947. The molecule has 2 amide bonds. The van der Waals surface area contributed by atoms with E-state index >= 15 is 0 Å². The van der Waals surface area contributed by atoms with Crippen molar-refractivity contribution in [3.05, 3.63) is 0 Å². The Morgan fingerprint density at radius 3 is 2.25 bits per heavy atom. The molecule has 0 aromatic heterocycles. The zero-order valence-electron chi connectivity index (χ0n) is 13.0. The first-order valence-corrected chi connectivity index (χ1v) is 7.65. The van der Waals surface area contributed by atoms with Crippen LogP contribution in [-0.2, 0) is 9.59 Å². The predicted molar refractivity (Wildman–Crippen MR) is 80.0 cm³/mol. The molecule has 0 aliphatic heterocycles. The van der Waals surface area contributed by atoms with E-state index in [-0.39, 0.29) is 24.4 Å². The summed E-state index contributed by atoms with van der Waals surface area (Å²) in [5.41, 5.74) is 5.67. The van der Waals surface area contributed by atoms with Gasteiger partial charge in [-0.1, -0.05) is 0 Å². The second-order valence-electron chi connectivity index (χ2n) is 6.30. The Morgan fingerprint density at radius 1 is 1.20 bits per heavy atom. The molecule has 0 aromatic rings. The quantitative estimate of drug-likeness (QED) is 0.767. The number of nitrogens with two attached hydrogens (primary N) is 1. The monoisotopic (exact) mass is 283 g/mol. The molecule has 0 aromatic carbocycles. The normalized spacial score (nSPS) is 22.6. The molecule has 5 heteroatoms. The molecule has 1 rings (SSSR count). The number of carbonyl (C=O) groups excluding carboxylic acids is 2. The van der Waals surface area contributed by atoms with E-state index in [0.717, 1.165) is 32.2 Å². The zero-order chi connectivity index (χ0) is 15.1. The summed E-state index contributed by atoms with van der Waals surface area (Å²) < 4.78 is 0. The highest BCUT2D eigenvalue weighted by Crippen LogP contribution is 2.30. The largest absolute Gasteiger partial charge is 0.352 e. The summed E-state index contributed by atoms with van der Waals surface area (Å²) in [6.45, 7) is 4.73. The van der Waals surface area contributed by atoms with Crippen molar-refractivity contribution >= 4 is 11.8 Å². The number of nitrogens with one attached hydrogen (secondary N) is 1. The van der Waals surface area contributed by atoms with Crippen LogP contribution in [0.3, 0.4) is 0 Å². The lowest BCUT2D eigenvalue weighted by Crippen LogP contribution is -2.41. The molecule has 1 aliphatic carbocycles. The molecule has 1 saturated carbocycles. The number of hydrogen-bond donors (Lipinski definition) is 2. The van der Waals surface area contributed by atoms with Crippen LogP contribution in [0.2, 0.25) is 0 Å². The average molecular weight is 283 g/mol. The summed E-state index contributed by atoms with van der Waals surface area (Å²) in [6, 6.07) is 0.109. The van der Waals surface area contributed by atoms with Gasteiger partial charge in [0.25, 0.3) is 0 Å². The second kappa shape index (κ2) is 8.25. The van der Waals surface area contributed by atoms with E-state index in [1.165, 1.54) is 4.90 Å². The van der Waals surface area contributed by atoms with Crippen LogP contribution in [0.1, 0.15) is 46.0 Å². The van der Waals surface area contributed by atoms with Gasteiger partial charge in [0.2, 0.25) is 11.8 Å². The van der Waals surface area contributed by atoms with Crippen LogP contribution in [0.25, 0.3) is 0 Å². The van der Waals surface area contributed by atoms with E-state index in [0.29, 0.717) is 18.3 Å². The third-order valence-corrected chi connectivity index (χ3v) is 4.02. The van der Waals surface area contributed by atoms with E-state index in [2.05, 4.69) is 5.32 Å². The SMILES string of the molecule is CC(C)NC(=O)CN(C)C(=O)CC1CCC(CN)CC1. The topological polar surface area (TPSA) is 75.4 Å². The number of rotatable bonds is 6. The maximum atomic E-state index is 12.1. The minimum absolute atomic E-state index is 0.0695. The van der Waals surface area contributed by atoms with Gasteiger partial charge in [0.15, 0.2) is 0 Å². The Hall–Kier alpha value is -1.10. The molecule has 0 bridgehead atoms. The molecular formula is C15H29N3O2. The van der Waals surface area contributed by atoms with Crippen molar-refractivity contribution in [2.45, 2.75) is 52.0 Å². The molecule has 0 atom stereocenters. The summed E-state index contributed by atoms with van der Waals surface area (Å²) >= 11 is 0. The van der Waals surface area contributed by atoms with Crippen molar-refractivity contribution in [2.24, 2.45) is 17.6 Å². The van der Waals surface area contributed by atoms with E-state index in [1.54, 1.807) is 7.05 Å². The third-order valence-electron chi connectivity index (χ3n) is 4.02. The molecule has 3 N–H and O–H groups in total. The van der Waals surface area contributed by atoms with Gasteiger partial charge in [-0.15, -0.1) is 0 Å². The molecule has 5 nitrogen and oxygen atoms in total. The molecule has 0 spiro atoms. The Kier molecular flexibility index (Phi) is 6.99. The maximum Gasteiger partial charge on any atom is 0.239 e. The van der Waals surface area contributed by atoms with Crippen LogP contribution in [-0.4, -0.2) is 42.9 Å². The van der Waals surface area contributed by atoms with E-state index in [9.17, 15) is 9.59 Å². The van der Waals surface area contributed by atoms with Gasteiger partial charge >= 0.3 is 0 Å². The number of hydrogen-bond acceptors (Lipinski definition) is 3. The van der Waals surface area contributed by atoms with Gasteiger partial charge in [-0.3, -0.25) is 9.59 Å². The van der Waals surface area contributed by atoms with Crippen LogP contribution >= 0.6 is 0 Å². The van der Waals surface area contributed by atoms with Gasteiger partial charge < -0.3 is 16.0 Å². The lowest BCUT2D eigenvalue weighted by atomic mass is 9.80. The summed E-state index contributed by atoms with van der Waals surface area (Å²) in [5.74, 6) is 1.07. The van der Waals surface area contributed by atoms with Crippen LogP contribution in [0.4, 0.5) is 0 Å². The first-order chi connectivity index (χ1) is 9.42. The molecule has 20 heavy (non-hydrogen) atoms. The van der Waals surface area contributed by atoms with Crippen LogP contribution in [0.5, 0.6) is 0 Å². The van der Waals surface area contributed by atoms with Crippen LogP contribution in [0.15, 0.2) is 0 Å². The Balaban J connectivity index is 2.30. The van der Waals surface area contributed by atoms with Gasteiger partial charge in [0, 0.05) is 19.5 Å². The molecule has 1 fully saturated rings. The second-order valence-corrected chi connectivity index (χ2v) is 6.30. The van der Waals surface area contributed by atoms with Crippen molar-refractivity contribution in [1.82, 2.24) is 10.2 Å². The lowest BCUT2D eigenvalue weighted by molar-refractivity contribution is -0.135. The molecule has 1 aliphatic rings. The number of nitrogens with zero attached hydrogens (tertiary/aromatic N) is 1. The van der Waals surface area contributed by atoms with Gasteiger partial charge in [-0.05, 0) is 57.9 Å². The predicted octanol–water partition coefficient (Wildman–Crippen LogP) is 1.12. The van der Waals surface area contributed by atoms with Crippen molar-refractivity contribution in [3.63, 3.8) is 0 Å². The lowest BCUT2D eigenvalue weighted by Gasteiger charge is -2.28. The van der Waals surface area contributed by atoms with Crippen molar-refractivity contribution in [2.75, 3.05) is 20.1 Å².